The Morgan fingerprint density at radius 2 is 2.05 bits per heavy atom. The highest BCUT2D eigenvalue weighted by molar-refractivity contribution is 6.17. The van der Waals surface area contributed by atoms with E-state index in [2.05, 4.69) is 20.5 Å². The Kier molecular flexibility index (Phi) is 3.35. The number of alkyl halides is 1. The lowest BCUT2D eigenvalue weighted by molar-refractivity contribution is 0.102. The third-order valence-electron chi connectivity index (χ3n) is 2.97. The second-order valence-corrected chi connectivity index (χ2v) is 4.54. The summed E-state index contributed by atoms with van der Waals surface area (Å²) in [6, 6.07) is 8.91. The summed E-state index contributed by atoms with van der Waals surface area (Å²) >= 11 is 5.72. The molecule has 2 N–H and O–H groups in total. The van der Waals surface area contributed by atoms with E-state index in [-0.39, 0.29) is 5.91 Å². The first-order valence-electron chi connectivity index (χ1n) is 6.02. The molecule has 2 heterocycles. The van der Waals surface area contributed by atoms with Crippen molar-refractivity contribution in [2.75, 3.05) is 5.32 Å². The molecule has 3 rings (SSSR count). The number of hydrogen-bond acceptors (Lipinski definition) is 3. The third-order valence-corrected chi connectivity index (χ3v) is 3.28. The summed E-state index contributed by atoms with van der Waals surface area (Å²) in [5.41, 5.74) is 2.87. The van der Waals surface area contributed by atoms with Gasteiger partial charge in [-0.3, -0.25) is 9.89 Å². The van der Waals surface area contributed by atoms with Gasteiger partial charge >= 0.3 is 0 Å². The minimum Gasteiger partial charge on any atom is -0.321 e. The number of pyridine rings is 1. The molecule has 0 unspecified atom stereocenters. The number of hydrogen-bond donors (Lipinski definition) is 2. The first-order chi connectivity index (χ1) is 9.78. The van der Waals surface area contributed by atoms with Crippen LogP contribution in [-0.2, 0) is 5.88 Å². The number of halogens is 1. The predicted molar refractivity (Wildman–Crippen MR) is 77.8 cm³/mol. The van der Waals surface area contributed by atoms with Gasteiger partial charge in [0.1, 0.15) is 0 Å². The van der Waals surface area contributed by atoms with E-state index in [4.69, 9.17) is 11.6 Å². The molecule has 0 aliphatic heterocycles. The molecule has 6 heteroatoms. The Hall–Kier alpha value is -2.40. The van der Waals surface area contributed by atoms with Crippen molar-refractivity contribution in [3.05, 3.63) is 53.9 Å². The maximum atomic E-state index is 12.2. The third kappa shape index (κ3) is 2.35. The lowest BCUT2D eigenvalue weighted by atomic mass is 10.1. The number of amides is 1. The van der Waals surface area contributed by atoms with Crippen molar-refractivity contribution in [2.45, 2.75) is 5.88 Å². The van der Waals surface area contributed by atoms with Crippen LogP contribution in [-0.4, -0.2) is 21.1 Å². The Bertz CT molecular complexity index is 751. The van der Waals surface area contributed by atoms with Crippen LogP contribution in [0.25, 0.3) is 11.0 Å². The summed E-state index contributed by atoms with van der Waals surface area (Å²) in [6.07, 6.45) is 3.25. The number of carbonyl (C=O) groups excluding carboxylic acids is 1. The normalized spacial score (nSPS) is 10.7. The van der Waals surface area contributed by atoms with Gasteiger partial charge in [0.25, 0.3) is 5.91 Å². The average Bonchev–Trinajstić information content (AvgIpc) is 2.97. The van der Waals surface area contributed by atoms with Gasteiger partial charge in [-0.25, -0.2) is 4.98 Å². The van der Waals surface area contributed by atoms with Crippen LogP contribution in [0.3, 0.4) is 0 Å². The number of anilines is 1. The van der Waals surface area contributed by atoms with E-state index >= 15 is 0 Å². The smallest absolute Gasteiger partial charge is 0.255 e. The van der Waals surface area contributed by atoms with Crippen LogP contribution in [0.4, 0.5) is 5.69 Å². The molecule has 100 valence electrons. The number of aromatic amines is 1. The van der Waals surface area contributed by atoms with Crippen LogP contribution < -0.4 is 5.32 Å². The summed E-state index contributed by atoms with van der Waals surface area (Å²) < 4.78 is 0. The van der Waals surface area contributed by atoms with Crippen LogP contribution in [0, 0.1) is 0 Å². The van der Waals surface area contributed by atoms with Gasteiger partial charge in [-0.2, -0.15) is 5.10 Å². The Labute approximate surface area is 120 Å². The fraction of sp³-hybridized carbons (Fsp3) is 0.0714. The molecule has 0 fully saturated rings. The molecule has 20 heavy (non-hydrogen) atoms. The maximum absolute atomic E-state index is 12.2. The van der Waals surface area contributed by atoms with Crippen LogP contribution >= 0.6 is 11.6 Å². The summed E-state index contributed by atoms with van der Waals surface area (Å²) in [6.45, 7) is 0. The average molecular weight is 287 g/mol. The molecule has 0 bridgehead atoms. The van der Waals surface area contributed by atoms with Gasteiger partial charge in [-0.15, -0.1) is 11.6 Å². The fourth-order valence-corrected chi connectivity index (χ4v) is 2.08. The van der Waals surface area contributed by atoms with Crippen molar-refractivity contribution in [3.8, 4) is 0 Å². The zero-order chi connectivity index (χ0) is 13.9. The summed E-state index contributed by atoms with van der Waals surface area (Å²) in [7, 11) is 0. The largest absolute Gasteiger partial charge is 0.321 e. The molecule has 0 aliphatic carbocycles. The number of benzene rings is 1. The summed E-state index contributed by atoms with van der Waals surface area (Å²) in [5, 5.41) is 10.3. The zero-order valence-electron chi connectivity index (χ0n) is 10.4. The maximum Gasteiger partial charge on any atom is 0.255 e. The molecule has 5 nitrogen and oxygen atoms in total. The van der Waals surface area contributed by atoms with E-state index in [1.807, 2.05) is 12.1 Å². The standard InChI is InChI=1S/C14H11ClN4O/c15-7-9-1-3-10(4-2-9)14(20)18-12-5-6-16-13-11(12)8-17-19-13/h1-6,8H,7H2,(H2,16,17,18,19,20). The van der Waals surface area contributed by atoms with Gasteiger partial charge in [0.2, 0.25) is 0 Å². The van der Waals surface area contributed by atoms with Crippen molar-refractivity contribution in [3.63, 3.8) is 0 Å². The molecule has 0 radical (unpaired) electrons. The van der Waals surface area contributed by atoms with E-state index in [9.17, 15) is 4.79 Å². The molecule has 1 amide bonds. The lowest BCUT2D eigenvalue weighted by Gasteiger charge is -2.06. The van der Waals surface area contributed by atoms with E-state index < -0.39 is 0 Å². The molecule has 2 aromatic heterocycles. The summed E-state index contributed by atoms with van der Waals surface area (Å²) in [4.78, 5) is 16.3. The molecule has 0 aliphatic rings. The molecule has 0 spiro atoms. The fourth-order valence-electron chi connectivity index (χ4n) is 1.90. The lowest BCUT2D eigenvalue weighted by Crippen LogP contribution is -2.12. The molecule has 0 saturated heterocycles. The van der Waals surface area contributed by atoms with Crippen molar-refractivity contribution >= 4 is 34.2 Å². The number of nitrogens with zero attached hydrogens (tertiary/aromatic N) is 2. The van der Waals surface area contributed by atoms with Gasteiger partial charge in [-0.1, -0.05) is 12.1 Å². The SMILES string of the molecule is O=C(Nc1ccnc2[nH]ncc12)c1ccc(CCl)cc1. The van der Waals surface area contributed by atoms with Crippen molar-refractivity contribution < 1.29 is 4.79 Å². The second-order valence-electron chi connectivity index (χ2n) is 4.28. The zero-order valence-corrected chi connectivity index (χ0v) is 11.2. The molecule has 0 atom stereocenters. The van der Waals surface area contributed by atoms with E-state index in [0.29, 0.717) is 22.8 Å². The topological polar surface area (TPSA) is 70.7 Å². The highest BCUT2D eigenvalue weighted by Gasteiger charge is 2.09. The van der Waals surface area contributed by atoms with Gasteiger partial charge in [-0.05, 0) is 23.8 Å². The monoisotopic (exact) mass is 286 g/mol. The minimum absolute atomic E-state index is 0.181. The van der Waals surface area contributed by atoms with Gasteiger partial charge < -0.3 is 5.32 Å². The number of nitrogens with one attached hydrogen (secondary N) is 2. The predicted octanol–water partition coefficient (Wildman–Crippen LogP) is 2.95. The molecular formula is C14H11ClN4O. The Morgan fingerprint density at radius 3 is 2.80 bits per heavy atom. The van der Waals surface area contributed by atoms with Crippen molar-refractivity contribution in [2.24, 2.45) is 0 Å². The highest BCUT2D eigenvalue weighted by atomic mass is 35.5. The Morgan fingerprint density at radius 1 is 1.25 bits per heavy atom. The summed E-state index contributed by atoms with van der Waals surface area (Å²) in [5.74, 6) is 0.252. The molecule has 3 aromatic rings. The molecular weight excluding hydrogens is 276 g/mol. The van der Waals surface area contributed by atoms with Crippen LogP contribution in [0.5, 0.6) is 0 Å². The number of fused-ring (bicyclic) bond motifs is 1. The van der Waals surface area contributed by atoms with Crippen LogP contribution in [0.2, 0.25) is 0 Å². The Balaban J connectivity index is 1.86. The molecule has 1 aromatic carbocycles. The number of aromatic nitrogens is 3. The van der Waals surface area contributed by atoms with Gasteiger partial charge in [0, 0.05) is 17.6 Å². The van der Waals surface area contributed by atoms with Crippen molar-refractivity contribution in [1.29, 1.82) is 0 Å². The second kappa shape index (κ2) is 5.30. The number of H-pyrrole nitrogens is 1. The van der Waals surface area contributed by atoms with Gasteiger partial charge in [0.05, 0.1) is 17.3 Å². The highest BCUT2D eigenvalue weighted by Crippen LogP contribution is 2.20. The van der Waals surface area contributed by atoms with E-state index in [1.54, 1.807) is 30.6 Å². The van der Waals surface area contributed by atoms with E-state index in [1.165, 1.54) is 0 Å². The first kappa shape index (κ1) is 12.6. The number of carbonyl (C=O) groups is 1. The van der Waals surface area contributed by atoms with E-state index in [0.717, 1.165) is 10.9 Å². The first-order valence-corrected chi connectivity index (χ1v) is 6.56. The molecule has 0 saturated carbocycles. The van der Waals surface area contributed by atoms with Crippen LogP contribution in [0.1, 0.15) is 15.9 Å². The van der Waals surface area contributed by atoms with Crippen LogP contribution in [0.15, 0.2) is 42.7 Å². The van der Waals surface area contributed by atoms with Crippen molar-refractivity contribution in [1.82, 2.24) is 15.2 Å². The quantitative estimate of drug-likeness (QED) is 0.727. The van der Waals surface area contributed by atoms with Gasteiger partial charge in [0.15, 0.2) is 5.65 Å². The number of rotatable bonds is 3. The minimum atomic E-state index is -0.181.